The second kappa shape index (κ2) is 6.83. The first kappa shape index (κ1) is 15.7. The van der Waals surface area contributed by atoms with Crippen molar-refractivity contribution in [2.24, 2.45) is 0 Å². The molecular weight excluding hydrogens is 309 g/mol. The number of rotatable bonds is 4. The maximum absolute atomic E-state index is 11.6. The van der Waals surface area contributed by atoms with Crippen LogP contribution in [-0.4, -0.2) is 13.1 Å². The zero-order valence-corrected chi connectivity index (χ0v) is 13.2. The lowest BCUT2D eigenvalue weighted by molar-refractivity contribution is 0.0601. The van der Waals surface area contributed by atoms with E-state index < -0.39 is 5.97 Å². The van der Waals surface area contributed by atoms with Gasteiger partial charge in [0.05, 0.1) is 17.7 Å². The summed E-state index contributed by atoms with van der Waals surface area (Å²) >= 11 is 11.9. The molecule has 3 nitrogen and oxygen atoms in total. The second-order valence-electron chi connectivity index (χ2n) is 4.60. The number of benzene rings is 2. The second-order valence-corrected chi connectivity index (χ2v) is 5.45. The molecule has 110 valence electrons. The van der Waals surface area contributed by atoms with Gasteiger partial charge in [-0.05, 0) is 42.8 Å². The highest BCUT2D eigenvalue weighted by atomic mass is 35.5. The smallest absolute Gasteiger partial charge is 0.339 e. The molecule has 0 aliphatic rings. The lowest BCUT2D eigenvalue weighted by atomic mass is 10.1. The maximum atomic E-state index is 11.6. The van der Waals surface area contributed by atoms with E-state index in [9.17, 15) is 4.79 Å². The molecule has 0 amide bonds. The van der Waals surface area contributed by atoms with Crippen LogP contribution in [0.1, 0.15) is 28.9 Å². The average molecular weight is 324 g/mol. The van der Waals surface area contributed by atoms with Crippen LogP contribution in [0.3, 0.4) is 0 Å². The Bertz CT molecular complexity index is 641. The largest absolute Gasteiger partial charge is 0.465 e. The van der Waals surface area contributed by atoms with E-state index >= 15 is 0 Å². The molecule has 0 heterocycles. The fourth-order valence-corrected chi connectivity index (χ4v) is 2.29. The monoisotopic (exact) mass is 323 g/mol. The molecule has 0 saturated carbocycles. The maximum Gasteiger partial charge on any atom is 0.339 e. The highest BCUT2D eigenvalue weighted by Gasteiger charge is 2.12. The molecule has 0 aromatic heterocycles. The van der Waals surface area contributed by atoms with Gasteiger partial charge in [0.1, 0.15) is 0 Å². The van der Waals surface area contributed by atoms with Crippen LogP contribution in [0.25, 0.3) is 0 Å². The van der Waals surface area contributed by atoms with Crippen molar-refractivity contribution in [2.75, 3.05) is 12.4 Å². The Kier molecular flexibility index (Phi) is 5.10. The van der Waals surface area contributed by atoms with E-state index in [2.05, 4.69) is 5.32 Å². The summed E-state index contributed by atoms with van der Waals surface area (Å²) in [5.74, 6) is -0.456. The number of carbonyl (C=O) groups excluding carboxylic acids is 1. The van der Waals surface area contributed by atoms with Crippen LogP contribution in [0.5, 0.6) is 0 Å². The number of ether oxygens (including phenoxy) is 1. The third-order valence-corrected chi connectivity index (χ3v) is 3.71. The zero-order valence-electron chi connectivity index (χ0n) is 11.7. The third kappa shape index (κ3) is 3.90. The van der Waals surface area contributed by atoms with Gasteiger partial charge in [-0.15, -0.1) is 0 Å². The predicted octanol–water partition coefficient (Wildman–Crippen LogP) is 4.95. The minimum Gasteiger partial charge on any atom is -0.465 e. The summed E-state index contributed by atoms with van der Waals surface area (Å²) in [6, 6.07) is 12.8. The fraction of sp³-hybridized carbons (Fsp3) is 0.188. The van der Waals surface area contributed by atoms with Gasteiger partial charge < -0.3 is 10.1 Å². The number of hydrogen-bond acceptors (Lipinski definition) is 3. The van der Waals surface area contributed by atoms with Crippen molar-refractivity contribution >= 4 is 34.9 Å². The van der Waals surface area contributed by atoms with Crippen LogP contribution in [0, 0.1) is 0 Å². The Morgan fingerprint density at radius 1 is 1.14 bits per heavy atom. The van der Waals surface area contributed by atoms with Gasteiger partial charge in [-0.3, -0.25) is 0 Å². The first-order valence-electron chi connectivity index (χ1n) is 6.41. The number of nitrogens with one attached hydrogen (secondary N) is 1. The van der Waals surface area contributed by atoms with Crippen LogP contribution in [0.2, 0.25) is 10.0 Å². The van der Waals surface area contributed by atoms with E-state index in [0.717, 1.165) is 11.3 Å². The van der Waals surface area contributed by atoms with Gasteiger partial charge in [-0.1, -0.05) is 35.3 Å². The molecule has 2 aromatic carbocycles. The standard InChI is InChI=1S/C16H15Cl2NO2/c1-10(11-3-5-12(17)6-4-11)19-13-7-8-15(18)14(9-13)16(20)21-2/h3-10,19H,1-2H3. The summed E-state index contributed by atoms with van der Waals surface area (Å²) in [4.78, 5) is 11.6. The van der Waals surface area contributed by atoms with Crippen LogP contribution in [-0.2, 0) is 4.74 Å². The van der Waals surface area contributed by atoms with E-state index in [1.165, 1.54) is 7.11 Å². The van der Waals surface area contributed by atoms with Crippen LogP contribution in [0.15, 0.2) is 42.5 Å². The quantitative estimate of drug-likeness (QED) is 0.809. The Balaban J connectivity index is 2.19. The van der Waals surface area contributed by atoms with Gasteiger partial charge >= 0.3 is 5.97 Å². The lowest BCUT2D eigenvalue weighted by Crippen LogP contribution is -2.08. The van der Waals surface area contributed by atoms with Gasteiger partial charge in [0.25, 0.3) is 0 Å². The minimum absolute atomic E-state index is 0.0638. The normalized spacial score (nSPS) is 11.8. The van der Waals surface area contributed by atoms with E-state index in [-0.39, 0.29) is 6.04 Å². The SMILES string of the molecule is COC(=O)c1cc(NC(C)c2ccc(Cl)cc2)ccc1Cl. The van der Waals surface area contributed by atoms with Crippen molar-refractivity contribution in [3.8, 4) is 0 Å². The van der Waals surface area contributed by atoms with Crippen molar-refractivity contribution in [3.63, 3.8) is 0 Å². The van der Waals surface area contributed by atoms with Crippen LogP contribution >= 0.6 is 23.2 Å². The molecular formula is C16H15Cl2NO2. The molecule has 1 atom stereocenters. The molecule has 5 heteroatoms. The summed E-state index contributed by atoms with van der Waals surface area (Å²) in [6.45, 7) is 2.02. The van der Waals surface area contributed by atoms with Crippen molar-refractivity contribution in [1.29, 1.82) is 0 Å². The Hall–Kier alpha value is -1.71. The Labute approximate surface area is 133 Å². The fourth-order valence-electron chi connectivity index (χ4n) is 1.97. The summed E-state index contributed by atoms with van der Waals surface area (Å²) in [5.41, 5.74) is 2.23. The minimum atomic E-state index is -0.456. The number of halogens is 2. The lowest BCUT2D eigenvalue weighted by Gasteiger charge is -2.16. The zero-order chi connectivity index (χ0) is 15.4. The van der Waals surface area contributed by atoms with Gasteiger partial charge in [-0.25, -0.2) is 4.79 Å². The Morgan fingerprint density at radius 3 is 2.43 bits per heavy atom. The highest BCUT2D eigenvalue weighted by Crippen LogP contribution is 2.25. The molecule has 1 N–H and O–H groups in total. The van der Waals surface area contributed by atoms with Crippen LogP contribution < -0.4 is 5.32 Å². The molecule has 0 aliphatic carbocycles. The van der Waals surface area contributed by atoms with Gasteiger partial charge in [0.2, 0.25) is 0 Å². The third-order valence-electron chi connectivity index (χ3n) is 3.12. The van der Waals surface area contributed by atoms with E-state index in [0.29, 0.717) is 15.6 Å². The summed E-state index contributed by atoms with van der Waals surface area (Å²) in [5, 5.41) is 4.38. The predicted molar refractivity (Wildman–Crippen MR) is 86.3 cm³/mol. The first-order chi connectivity index (χ1) is 10.0. The number of methoxy groups -OCH3 is 1. The first-order valence-corrected chi connectivity index (χ1v) is 7.16. The topological polar surface area (TPSA) is 38.3 Å². The number of anilines is 1. The molecule has 0 saturated heterocycles. The Morgan fingerprint density at radius 2 is 1.81 bits per heavy atom. The summed E-state index contributed by atoms with van der Waals surface area (Å²) < 4.78 is 4.71. The molecule has 0 bridgehead atoms. The molecule has 1 unspecified atom stereocenters. The molecule has 0 aliphatic heterocycles. The number of hydrogen-bond donors (Lipinski definition) is 1. The molecule has 0 spiro atoms. The van der Waals surface area contributed by atoms with E-state index in [1.807, 2.05) is 37.3 Å². The molecule has 2 rings (SSSR count). The summed E-state index contributed by atoms with van der Waals surface area (Å²) in [6.07, 6.45) is 0. The van der Waals surface area contributed by atoms with E-state index in [4.69, 9.17) is 27.9 Å². The molecule has 21 heavy (non-hydrogen) atoms. The number of esters is 1. The molecule has 0 radical (unpaired) electrons. The molecule has 0 fully saturated rings. The molecule has 2 aromatic rings. The number of carbonyl (C=O) groups is 1. The van der Waals surface area contributed by atoms with E-state index in [1.54, 1.807) is 12.1 Å². The van der Waals surface area contributed by atoms with Crippen LogP contribution in [0.4, 0.5) is 5.69 Å². The summed E-state index contributed by atoms with van der Waals surface area (Å²) in [7, 11) is 1.33. The average Bonchev–Trinajstić information content (AvgIpc) is 2.49. The van der Waals surface area contributed by atoms with Gasteiger partial charge in [0, 0.05) is 16.8 Å². The van der Waals surface area contributed by atoms with Gasteiger partial charge in [-0.2, -0.15) is 0 Å². The van der Waals surface area contributed by atoms with Crippen molar-refractivity contribution in [2.45, 2.75) is 13.0 Å². The van der Waals surface area contributed by atoms with Crippen molar-refractivity contribution < 1.29 is 9.53 Å². The van der Waals surface area contributed by atoms with Crippen molar-refractivity contribution in [3.05, 3.63) is 63.6 Å². The van der Waals surface area contributed by atoms with Crippen molar-refractivity contribution in [1.82, 2.24) is 0 Å². The highest BCUT2D eigenvalue weighted by molar-refractivity contribution is 6.33. The van der Waals surface area contributed by atoms with Gasteiger partial charge in [0.15, 0.2) is 0 Å².